The Kier molecular flexibility index (Phi) is 5.50. The number of hydrogen-bond donors (Lipinski definition) is 0. The molecule has 0 aliphatic heterocycles. The summed E-state index contributed by atoms with van der Waals surface area (Å²) in [7, 11) is 0. The number of benzene rings is 8. The van der Waals surface area contributed by atoms with Crippen LogP contribution in [0.15, 0.2) is 174 Å². The Labute approximate surface area is 298 Å². The predicted octanol–water partition coefficient (Wildman–Crippen LogP) is 13.4. The van der Waals surface area contributed by atoms with Crippen LogP contribution in [0, 0.1) is 0 Å². The molecule has 0 saturated carbocycles. The maximum Gasteiger partial charge on any atom is 0.136 e. The van der Waals surface area contributed by atoms with Crippen LogP contribution in [0.1, 0.15) is 0 Å². The largest absolute Gasteiger partial charge is 0.456 e. The summed E-state index contributed by atoms with van der Waals surface area (Å²) in [6.45, 7) is 0. The van der Waals surface area contributed by atoms with E-state index in [4.69, 9.17) is 9.40 Å². The lowest BCUT2D eigenvalue weighted by Gasteiger charge is -2.13. The highest BCUT2D eigenvalue weighted by atomic mass is 16.3. The normalized spacial score (nSPS) is 12.2. The smallest absolute Gasteiger partial charge is 0.136 e. The van der Waals surface area contributed by atoms with Crippen molar-refractivity contribution in [2.45, 2.75) is 0 Å². The van der Waals surface area contributed by atoms with Crippen LogP contribution in [0.3, 0.4) is 0 Å². The van der Waals surface area contributed by atoms with Gasteiger partial charge in [0.2, 0.25) is 0 Å². The predicted molar refractivity (Wildman–Crippen MR) is 216 cm³/mol. The second-order valence-electron chi connectivity index (χ2n) is 13.9. The monoisotopic (exact) mass is 660 g/mol. The van der Waals surface area contributed by atoms with Gasteiger partial charge in [-0.25, -0.2) is 0 Å². The van der Waals surface area contributed by atoms with Crippen LogP contribution in [-0.4, -0.2) is 9.55 Å². The summed E-state index contributed by atoms with van der Waals surface area (Å²) in [5.74, 6) is 0. The van der Waals surface area contributed by atoms with Crippen molar-refractivity contribution in [3.63, 3.8) is 0 Å². The summed E-state index contributed by atoms with van der Waals surface area (Å²) in [4.78, 5) is 5.11. The molecule has 52 heavy (non-hydrogen) atoms. The molecule has 12 rings (SSSR count). The Morgan fingerprint density at radius 1 is 0.423 bits per heavy atom. The molecule has 3 nitrogen and oxygen atoms in total. The highest BCUT2D eigenvalue weighted by molar-refractivity contribution is 6.20. The maximum absolute atomic E-state index is 6.32. The molecule has 0 radical (unpaired) electrons. The van der Waals surface area contributed by atoms with Gasteiger partial charge in [0, 0.05) is 55.3 Å². The highest BCUT2D eigenvalue weighted by Gasteiger charge is 2.25. The maximum atomic E-state index is 6.32. The molecule has 0 atom stereocenters. The molecule has 0 amide bonds. The Hall–Kier alpha value is -6.97. The second-order valence-corrected chi connectivity index (χ2v) is 13.9. The van der Waals surface area contributed by atoms with Gasteiger partial charge in [-0.2, -0.15) is 0 Å². The van der Waals surface area contributed by atoms with E-state index in [1.54, 1.807) is 0 Å². The molecule has 240 valence electrons. The Morgan fingerprint density at radius 2 is 1.13 bits per heavy atom. The molecule has 1 aliphatic carbocycles. The zero-order valence-corrected chi connectivity index (χ0v) is 28.0. The van der Waals surface area contributed by atoms with Gasteiger partial charge in [0.15, 0.2) is 0 Å². The van der Waals surface area contributed by atoms with Gasteiger partial charge in [-0.3, -0.25) is 4.98 Å². The molecular formula is C49H28N2O. The minimum absolute atomic E-state index is 0.909. The molecule has 0 fully saturated rings. The molecule has 0 N–H and O–H groups in total. The summed E-state index contributed by atoms with van der Waals surface area (Å²) in [6, 6.07) is 59.2. The Bertz CT molecular complexity index is 3310. The van der Waals surface area contributed by atoms with E-state index in [0.29, 0.717) is 0 Å². The first kappa shape index (κ1) is 27.8. The van der Waals surface area contributed by atoms with E-state index < -0.39 is 0 Å². The van der Waals surface area contributed by atoms with Crippen LogP contribution in [0.25, 0.3) is 116 Å². The first-order valence-corrected chi connectivity index (χ1v) is 17.8. The van der Waals surface area contributed by atoms with Crippen LogP contribution < -0.4 is 0 Å². The summed E-state index contributed by atoms with van der Waals surface area (Å²) in [6.07, 6.45) is 2.03. The molecule has 1 aliphatic rings. The van der Waals surface area contributed by atoms with Crippen molar-refractivity contribution >= 4 is 65.3 Å². The molecule has 3 heteroatoms. The fourth-order valence-electron chi connectivity index (χ4n) is 8.87. The molecule has 0 unspecified atom stereocenters. The average Bonchev–Trinajstić information content (AvgIpc) is 3.87. The number of nitrogens with zero attached hydrogens (tertiary/aromatic N) is 2. The fraction of sp³-hybridized carbons (Fsp3) is 0. The zero-order valence-electron chi connectivity index (χ0n) is 28.0. The van der Waals surface area contributed by atoms with Gasteiger partial charge in [0.05, 0.1) is 16.7 Å². The van der Waals surface area contributed by atoms with E-state index in [0.717, 1.165) is 33.5 Å². The molecule has 3 aromatic heterocycles. The van der Waals surface area contributed by atoms with Gasteiger partial charge in [0.25, 0.3) is 0 Å². The van der Waals surface area contributed by atoms with E-state index >= 15 is 0 Å². The van der Waals surface area contributed by atoms with Gasteiger partial charge < -0.3 is 8.98 Å². The number of pyridine rings is 1. The first-order valence-electron chi connectivity index (χ1n) is 17.8. The minimum Gasteiger partial charge on any atom is -0.456 e. The Balaban J connectivity index is 1.03. The van der Waals surface area contributed by atoms with Crippen LogP contribution in [0.2, 0.25) is 0 Å². The number of fused-ring (bicyclic) bond motifs is 11. The first-order chi connectivity index (χ1) is 25.8. The third-order valence-corrected chi connectivity index (χ3v) is 11.1. The van der Waals surface area contributed by atoms with Gasteiger partial charge in [0.1, 0.15) is 11.2 Å². The lowest BCUT2D eigenvalue weighted by Crippen LogP contribution is -1.95. The minimum atomic E-state index is 0.909. The highest BCUT2D eigenvalue weighted by Crippen LogP contribution is 2.50. The topological polar surface area (TPSA) is 31.0 Å². The molecule has 0 bridgehead atoms. The van der Waals surface area contributed by atoms with E-state index in [9.17, 15) is 0 Å². The van der Waals surface area contributed by atoms with Crippen LogP contribution in [-0.2, 0) is 0 Å². The summed E-state index contributed by atoms with van der Waals surface area (Å²) in [5, 5.41) is 9.67. The van der Waals surface area contributed by atoms with E-state index in [1.807, 2.05) is 6.20 Å². The summed E-state index contributed by atoms with van der Waals surface area (Å²) >= 11 is 0. The van der Waals surface area contributed by atoms with Crippen LogP contribution >= 0.6 is 0 Å². The third kappa shape index (κ3) is 3.77. The van der Waals surface area contributed by atoms with Crippen molar-refractivity contribution in [1.82, 2.24) is 9.55 Å². The number of aromatic nitrogens is 2. The number of hydrogen-bond acceptors (Lipinski definition) is 2. The van der Waals surface area contributed by atoms with Crippen molar-refractivity contribution in [1.29, 1.82) is 0 Å². The molecular weight excluding hydrogens is 633 g/mol. The summed E-state index contributed by atoms with van der Waals surface area (Å²) < 4.78 is 8.72. The second kappa shape index (κ2) is 10.3. The van der Waals surface area contributed by atoms with E-state index in [-0.39, 0.29) is 0 Å². The number of furan rings is 1. The van der Waals surface area contributed by atoms with Crippen molar-refractivity contribution in [2.75, 3.05) is 0 Å². The standard InChI is InChI=1S/C49H28N2O/c1-2-13-35-29(9-1)20-24-45-47(35)41-27-31(21-23-44(41)52-45)30-19-22-43-40(26-30)37-15-5-6-18-42(37)51(43)34-12-7-10-32(25-34)49-48-39-16-4-3-14-36(39)38-17-8-11-33(28-50-49)46(38)48/h1-28H. The fourth-order valence-corrected chi connectivity index (χ4v) is 8.87. The van der Waals surface area contributed by atoms with Crippen molar-refractivity contribution in [3.05, 3.63) is 170 Å². The van der Waals surface area contributed by atoms with Crippen molar-refractivity contribution in [3.8, 4) is 50.3 Å². The van der Waals surface area contributed by atoms with Gasteiger partial charge >= 0.3 is 0 Å². The number of para-hydroxylation sites is 1. The van der Waals surface area contributed by atoms with Crippen LogP contribution in [0.5, 0.6) is 0 Å². The Morgan fingerprint density at radius 3 is 2.08 bits per heavy atom. The quantitative estimate of drug-likeness (QED) is 0.189. The lowest BCUT2D eigenvalue weighted by molar-refractivity contribution is 0.669. The van der Waals surface area contributed by atoms with Gasteiger partial charge in [-0.1, -0.05) is 115 Å². The van der Waals surface area contributed by atoms with Gasteiger partial charge in [-0.15, -0.1) is 0 Å². The average molecular weight is 661 g/mol. The molecule has 3 heterocycles. The molecule has 0 spiro atoms. The number of rotatable bonds is 3. The summed E-state index contributed by atoms with van der Waals surface area (Å²) in [5.41, 5.74) is 14.8. The SMILES string of the molecule is c1cc(-c2ncc3cccc4c3c2-c2ccccc2-4)cc(-n2c3ccccc3c3cc(-c4ccc5oc6ccc7ccccc7c6c5c4)ccc32)c1. The van der Waals surface area contributed by atoms with Crippen molar-refractivity contribution < 1.29 is 4.42 Å². The third-order valence-electron chi connectivity index (χ3n) is 11.1. The molecule has 8 aromatic carbocycles. The van der Waals surface area contributed by atoms with Crippen molar-refractivity contribution in [2.24, 2.45) is 0 Å². The van der Waals surface area contributed by atoms with E-state index in [1.165, 1.54) is 82.1 Å². The van der Waals surface area contributed by atoms with E-state index in [2.05, 4.69) is 168 Å². The zero-order chi connectivity index (χ0) is 33.9. The molecule has 11 aromatic rings. The lowest BCUT2D eigenvalue weighted by atomic mass is 9.98. The molecule has 0 saturated heterocycles. The van der Waals surface area contributed by atoms with Gasteiger partial charge in [-0.05, 0) is 87.1 Å². The van der Waals surface area contributed by atoms with Crippen LogP contribution in [0.4, 0.5) is 0 Å².